The first kappa shape index (κ1) is 16.6. The van der Waals surface area contributed by atoms with Crippen molar-refractivity contribution in [2.45, 2.75) is 25.8 Å². The molecule has 0 spiro atoms. The predicted molar refractivity (Wildman–Crippen MR) is 97.2 cm³/mol. The van der Waals surface area contributed by atoms with Crippen molar-refractivity contribution < 1.29 is 13.2 Å². The Kier molecular flexibility index (Phi) is 4.66. The van der Waals surface area contributed by atoms with Crippen LogP contribution < -0.4 is 14.8 Å². The molecule has 1 atom stereocenters. The van der Waals surface area contributed by atoms with Crippen LogP contribution in [0.4, 0.5) is 11.4 Å². The van der Waals surface area contributed by atoms with Gasteiger partial charge in [-0.3, -0.25) is 4.72 Å². The molecule has 2 aromatic carbocycles. The highest BCUT2D eigenvalue weighted by molar-refractivity contribution is 7.92. The van der Waals surface area contributed by atoms with E-state index in [0.717, 1.165) is 18.5 Å². The summed E-state index contributed by atoms with van der Waals surface area (Å²) in [5.74, 6) is 0.526. The molecule has 2 N–H and O–H groups in total. The van der Waals surface area contributed by atoms with Gasteiger partial charge in [0.15, 0.2) is 0 Å². The second-order valence-electron chi connectivity index (χ2n) is 5.85. The molecule has 2 aromatic rings. The highest BCUT2D eigenvalue weighted by atomic mass is 32.2. The predicted octanol–water partition coefficient (Wildman–Crippen LogP) is 3.56. The first-order valence-corrected chi connectivity index (χ1v) is 9.70. The van der Waals surface area contributed by atoms with E-state index in [4.69, 9.17) is 4.74 Å². The first-order valence-electron chi connectivity index (χ1n) is 8.05. The molecule has 6 heteroatoms. The molecule has 5 nitrogen and oxygen atoms in total. The van der Waals surface area contributed by atoms with Gasteiger partial charge in [0.25, 0.3) is 0 Å². The van der Waals surface area contributed by atoms with Crippen LogP contribution in [0.15, 0.2) is 42.5 Å². The van der Waals surface area contributed by atoms with Gasteiger partial charge in [0, 0.05) is 11.8 Å². The number of benzene rings is 2. The lowest BCUT2D eigenvalue weighted by atomic mass is 10.1. The minimum Gasteiger partial charge on any atom is -0.494 e. The van der Waals surface area contributed by atoms with Crippen LogP contribution >= 0.6 is 0 Å². The molecule has 0 bridgehead atoms. The molecule has 0 amide bonds. The second-order valence-corrected chi connectivity index (χ2v) is 7.87. The number of rotatable bonds is 6. The van der Waals surface area contributed by atoms with Crippen molar-refractivity contribution >= 4 is 21.4 Å². The van der Waals surface area contributed by atoms with E-state index in [9.17, 15) is 8.42 Å². The standard InChI is InChI=1S/C18H22N2O3S/c1-3-24(21,22)20-17-11-9-14(12-18(17)23-2)19-16-10-8-13-6-4-5-7-15(13)16/h4-7,9,11-12,16,19-20H,3,8,10H2,1-2H3/t16-/m0/s1. The number of methoxy groups -OCH3 is 1. The lowest BCUT2D eigenvalue weighted by Gasteiger charge is -2.18. The zero-order valence-corrected chi connectivity index (χ0v) is 14.7. The summed E-state index contributed by atoms with van der Waals surface area (Å²) in [6.07, 6.45) is 2.12. The number of anilines is 2. The molecule has 0 saturated heterocycles. The van der Waals surface area contributed by atoms with Gasteiger partial charge in [-0.15, -0.1) is 0 Å². The number of aryl methyl sites for hydroxylation is 1. The summed E-state index contributed by atoms with van der Waals surface area (Å²) in [6.45, 7) is 1.60. The van der Waals surface area contributed by atoms with E-state index < -0.39 is 10.0 Å². The van der Waals surface area contributed by atoms with Gasteiger partial charge in [-0.25, -0.2) is 8.42 Å². The summed E-state index contributed by atoms with van der Waals surface area (Å²) in [5.41, 5.74) is 4.08. The van der Waals surface area contributed by atoms with Gasteiger partial charge < -0.3 is 10.1 Å². The molecule has 0 aromatic heterocycles. The summed E-state index contributed by atoms with van der Waals surface area (Å²) in [6, 6.07) is 14.1. The van der Waals surface area contributed by atoms with E-state index in [-0.39, 0.29) is 11.8 Å². The quantitative estimate of drug-likeness (QED) is 0.839. The van der Waals surface area contributed by atoms with Gasteiger partial charge in [0.2, 0.25) is 10.0 Å². The van der Waals surface area contributed by atoms with Crippen molar-refractivity contribution in [1.29, 1.82) is 0 Å². The molecule has 3 rings (SSSR count). The van der Waals surface area contributed by atoms with Gasteiger partial charge >= 0.3 is 0 Å². The van der Waals surface area contributed by atoms with Crippen molar-refractivity contribution in [2.24, 2.45) is 0 Å². The van der Waals surface area contributed by atoms with Gasteiger partial charge in [-0.2, -0.15) is 0 Å². The van der Waals surface area contributed by atoms with E-state index in [1.54, 1.807) is 13.0 Å². The van der Waals surface area contributed by atoms with Gasteiger partial charge in [-0.1, -0.05) is 24.3 Å². The Balaban J connectivity index is 1.81. The monoisotopic (exact) mass is 346 g/mol. The van der Waals surface area contributed by atoms with E-state index in [1.165, 1.54) is 18.2 Å². The van der Waals surface area contributed by atoms with Crippen molar-refractivity contribution in [3.8, 4) is 5.75 Å². The van der Waals surface area contributed by atoms with Crippen molar-refractivity contribution in [3.63, 3.8) is 0 Å². The number of hydrogen-bond acceptors (Lipinski definition) is 4. The molecular weight excluding hydrogens is 324 g/mol. The Bertz CT molecular complexity index is 834. The number of ether oxygens (including phenoxy) is 1. The van der Waals surface area contributed by atoms with Crippen molar-refractivity contribution in [2.75, 3.05) is 22.9 Å². The molecule has 0 saturated carbocycles. The van der Waals surface area contributed by atoms with E-state index >= 15 is 0 Å². The number of fused-ring (bicyclic) bond motifs is 1. The lowest BCUT2D eigenvalue weighted by molar-refractivity contribution is 0.417. The molecule has 0 heterocycles. The lowest BCUT2D eigenvalue weighted by Crippen LogP contribution is -2.15. The molecule has 1 aliphatic rings. The minimum absolute atomic E-state index is 0.0228. The normalized spacial score (nSPS) is 16.5. The van der Waals surface area contributed by atoms with E-state index in [0.29, 0.717) is 11.4 Å². The molecule has 1 aliphatic carbocycles. The Hall–Kier alpha value is -2.21. The average Bonchev–Trinajstić information content (AvgIpc) is 2.99. The average molecular weight is 346 g/mol. The summed E-state index contributed by atoms with van der Waals surface area (Å²) in [5, 5.41) is 3.52. The maximum atomic E-state index is 11.8. The van der Waals surface area contributed by atoms with Crippen LogP contribution in [0.1, 0.15) is 30.5 Å². The fourth-order valence-corrected chi connectivity index (χ4v) is 3.66. The molecule has 0 radical (unpaired) electrons. The molecule has 128 valence electrons. The van der Waals surface area contributed by atoms with Gasteiger partial charge in [0.1, 0.15) is 5.75 Å². The van der Waals surface area contributed by atoms with Crippen LogP contribution in [0.25, 0.3) is 0 Å². The molecule has 0 aliphatic heterocycles. The molecule has 0 fully saturated rings. The van der Waals surface area contributed by atoms with Crippen molar-refractivity contribution in [1.82, 2.24) is 0 Å². The van der Waals surface area contributed by atoms with Crippen molar-refractivity contribution in [3.05, 3.63) is 53.6 Å². The SMILES string of the molecule is CCS(=O)(=O)Nc1ccc(N[C@H]2CCc3ccccc32)cc1OC. The zero-order valence-electron chi connectivity index (χ0n) is 13.9. The highest BCUT2D eigenvalue weighted by Crippen LogP contribution is 2.36. The van der Waals surface area contributed by atoms with Gasteiger partial charge in [0.05, 0.1) is 24.6 Å². The summed E-state index contributed by atoms with van der Waals surface area (Å²) in [7, 11) is -1.80. The fraction of sp³-hybridized carbons (Fsp3) is 0.333. The Morgan fingerprint density at radius 3 is 2.75 bits per heavy atom. The van der Waals surface area contributed by atoms with Crippen LogP contribution in [0.5, 0.6) is 5.75 Å². The number of nitrogens with one attached hydrogen (secondary N) is 2. The largest absolute Gasteiger partial charge is 0.494 e. The summed E-state index contributed by atoms with van der Waals surface area (Å²) >= 11 is 0. The Morgan fingerprint density at radius 2 is 2.00 bits per heavy atom. The molecule has 0 unspecified atom stereocenters. The number of sulfonamides is 1. The fourth-order valence-electron chi connectivity index (χ4n) is 3.01. The van der Waals surface area contributed by atoms with E-state index in [1.807, 2.05) is 12.1 Å². The maximum absolute atomic E-state index is 11.8. The third kappa shape index (κ3) is 3.48. The summed E-state index contributed by atoms with van der Waals surface area (Å²) < 4.78 is 31.4. The van der Waals surface area contributed by atoms with Crippen LogP contribution in [0.3, 0.4) is 0 Å². The van der Waals surface area contributed by atoms with Crippen LogP contribution in [0.2, 0.25) is 0 Å². The Morgan fingerprint density at radius 1 is 1.21 bits per heavy atom. The van der Waals surface area contributed by atoms with E-state index in [2.05, 4.69) is 34.3 Å². The topological polar surface area (TPSA) is 67.4 Å². The number of hydrogen-bond donors (Lipinski definition) is 2. The first-order chi connectivity index (χ1) is 11.5. The van der Waals surface area contributed by atoms with Gasteiger partial charge in [-0.05, 0) is 43.0 Å². The molecular formula is C18H22N2O3S. The smallest absolute Gasteiger partial charge is 0.232 e. The third-order valence-electron chi connectivity index (χ3n) is 4.32. The zero-order chi connectivity index (χ0) is 17.2. The maximum Gasteiger partial charge on any atom is 0.232 e. The molecule has 24 heavy (non-hydrogen) atoms. The van der Waals surface area contributed by atoms with Crippen LogP contribution in [-0.4, -0.2) is 21.3 Å². The van der Waals surface area contributed by atoms with Crippen LogP contribution in [0, 0.1) is 0 Å². The minimum atomic E-state index is -3.33. The third-order valence-corrected chi connectivity index (χ3v) is 5.61. The second kappa shape index (κ2) is 6.73. The Labute approximate surface area is 143 Å². The van der Waals surface area contributed by atoms with Crippen LogP contribution in [-0.2, 0) is 16.4 Å². The highest BCUT2D eigenvalue weighted by Gasteiger charge is 2.22. The summed E-state index contributed by atoms with van der Waals surface area (Å²) in [4.78, 5) is 0.